The summed E-state index contributed by atoms with van der Waals surface area (Å²) in [5, 5.41) is 11.7. The van der Waals surface area contributed by atoms with Crippen LogP contribution in [0.2, 0.25) is 0 Å². The maximum atomic E-state index is 13.6. The number of hydrogen-bond acceptors (Lipinski definition) is 0. The van der Waals surface area contributed by atoms with E-state index >= 15 is 0 Å². The predicted octanol–water partition coefficient (Wildman–Crippen LogP) is 4.64. The summed E-state index contributed by atoms with van der Waals surface area (Å²) in [5.74, 6) is -11.8. The van der Waals surface area contributed by atoms with Gasteiger partial charge in [-0.25, -0.2) is 5.11 Å². The number of hydrogen-bond donors (Lipinski definition) is 0. The van der Waals surface area contributed by atoms with Crippen molar-refractivity contribution < 1.29 is 35.8 Å². The van der Waals surface area contributed by atoms with E-state index in [-0.39, 0.29) is 0 Å². The zero-order chi connectivity index (χ0) is 16.0. The van der Waals surface area contributed by atoms with Gasteiger partial charge in [0.15, 0.2) is 0 Å². The second-order valence-electron chi connectivity index (χ2n) is 4.70. The molecule has 0 saturated heterocycles. The predicted molar refractivity (Wildman–Crippen MR) is 55.1 cm³/mol. The van der Waals surface area contributed by atoms with Gasteiger partial charge in [0.2, 0.25) is 0 Å². The highest BCUT2D eigenvalue weighted by atomic mass is 19.4. The first kappa shape index (κ1) is 16.7. The molecule has 0 aliphatic heterocycles. The van der Waals surface area contributed by atoms with Gasteiger partial charge in [-0.05, 0) is 19.4 Å². The Balaban J connectivity index is 3.52. The maximum absolute atomic E-state index is 13.6. The van der Waals surface area contributed by atoms with Crippen LogP contribution >= 0.6 is 0 Å². The molecule has 0 heterocycles. The molecule has 1 radical (unpaired) electrons. The van der Waals surface area contributed by atoms with E-state index in [4.69, 9.17) is 0 Å². The summed E-state index contributed by atoms with van der Waals surface area (Å²) < 4.78 is 89.6. The van der Waals surface area contributed by atoms with Gasteiger partial charge in [-0.2, -0.15) is 30.7 Å². The molecule has 0 bridgehead atoms. The molecule has 8 heteroatoms. The van der Waals surface area contributed by atoms with Crippen LogP contribution in [0.5, 0.6) is 0 Å². The lowest BCUT2D eigenvalue weighted by molar-refractivity contribution is -0.360. The molecule has 0 saturated carbocycles. The SMILES string of the molecule is CC(C)([O])c1ccccc1C(F)(F)C(F)(F)C(F)(F)F. The third kappa shape index (κ3) is 2.61. The maximum Gasteiger partial charge on any atom is 0.460 e. The Morgan fingerprint density at radius 3 is 1.55 bits per heavy atom. The molecule has 0 aromatic heterocycles. The van der Waals surface area contributed by atoms with Crippen molar-refractivity contribution in [1.82, 2.24) is 0 Å². The zero-order valence-electron chi connectivity index (χ0n) is 10.4. The Bertz CT molecular complexity index is 485. The van der Waals surface area contributed by atoms with Gasteiger partial charge in [0.05, 0.1) is 0 Å². The first-order chi connectivity index (χ1) is 8.73. The molecule has 0 N–H and O–H groups in total. The molecule has 1 aromatic rings. The van der Waals surface area contributed by atoms with E-state index in [0.29, 0.717) is 6.07 Å². The van der Waals surface area contributed by atoms with Crippen LogP contribution in [0.25, 0.3) is 0 Å². The zero-order valence-corrected chi connectivity index (χ0v) is 10.4. The van der Waals surface area contributed by atoms with Crippen molar-refractivity contribution in [1.29, 1.82) is 0 Å². The summed E-state index contributed by atoms with van der Waals surface area (Å²) >= 11 is 0. The van der Waals surface area contributed by atoms with E-state index in [1.807, 2.05) is 0 Å². The summed E-state index contributed by atoms with van der Waals surface area (Å²) in [6.07, 6.45) is -6.43. The summed E-state index contributed by atoms with van der Waals surface area (Å²) in [6, 6.07) is 3.18. The lowest BCUT2D eigenvalue weighted by Gasteiger charge is -2.31. The van der Waals surface area contributed by atoms with E-state index in [2.05, 4.69) is 0 Å². The summed E-state index contributed by atoms with van der Waals surface area (Å²) in [7, 11) is 0. The normalized spacial score (nSPS) is 14.5. The minimum Gasteiger partial charge on any atom is -0.225 e. The fraction of sp³-hybridized carbons (Fsp3) is 0.500. The lowest BCUT2D eigenvalue weighted by atomic mass is 9.88. The fourth-order valence-electron chi connectivity index (χ4n) is 1.63. The lowest BCUT2D eigenvalue weighted by Crippen LogP contribution is -2.50. The molecule has 1 nitrogen and oxygen atoms in total. The van der Waals surface area contributed by atoms with Crippen LogP contribution in [-0.4, -0.2) is 12.1 Å². The quantitative estimate of drug-likeness (QED) is 0.725. The van der Waals surface area contributed by atoms with Gasteiger partial charge in [0.25, 0.3) is 0 Å². The van der Waals surface area contributed by atoms with E-state index in [0.717, 1.165) is 32.0 Å². The number of alkyl halides is 7. The third-order valence-electron chi connectivity index (χ3n) is 2.66. The van der Waals surface area contributed by atoms with Gasteiger partial charge in [-0.15, -0.1) is 0 Å². The monoisotopic (exact) mass is 303 g/mol. The van der Waals surface area contributed by atoms with E-state index < -0.39 is 34.7 Å². The van der Waals surface area contributed by atoms with E-state index in [1.54, 1.807) is 0 Å². The molecule has 1 rings (SSSR count). The van der Waals surface area contributed by atoms with Crippen LogP contribution in [0, 0.1) is 0 Å². The minimum atomic E-state index is -6.43. The number of benzene rings is 1. The van der Waals surface area contributed by atoms with Gasteiger partial charge in [0, 0.05) is 5.56 Å². The summed E-state index contributed by atoms with van der Waals surface area (Å²) in [5.41, 5.74) is -4.68. The Hall–Kier alpha value is -1.31. The molecule has 1 aromatic carbocycles. The third-order valence-corrected chi connectivity index (χ3v) is 2.66. The molecule has 0 amide bonds. The highest BCUT2D eigenvalue weighted by Crippen LogP contribution is 2.53. The van der Waals surface area contributed by atoms with Crippen LogP contribution < -0.4 is 0 Å². The number of halogens is 7. The molecule has 0 spiro atoms. The minimum absolute atomic E-state index is 0.397. The molecule has 0 fully saturated rings. The van der Waals surface area contributed by atoms with Gasteiger partial charge in [0.1, 0.15) is 5.60 Å². The van der Waals surface area contributed by atoms with Gasteiger partial charge >= 0.3 is 18.0 Å². The van der Waals surface area contributed by atoms with Crippen molar-refractivity contribution in [3.8, 4) is 0 Å². The first-order valence-electron chi connectivity index (χ1n) is 5.35. The first-order valence-corrected chi connectivity index (χ1v) is 5.35. The van der Waals surface area contributed by atoms with Crippen molar-refractivity contribution in [2.75, 3.05) is 0 Å². The average Bonchev–Trinajstić information content (AvgIpc) is 2.26. The highest BCUT2D eigenvalue weighted by Gasteiger charge is 2.74. The molecule has 0 aliphatic rings. The molecular weight excluding hydrogens is 293 g/mol. The smallest absolute Gasteiger partial charge is 0.225 e. The Morgan fingerprint density at radius 1 is 0.800 bits per heavy atom. The largest absolute Gasteiger partial charge is 0.460 e. The van der Waals surface area contributed by atoms with Crippen molar-refractivity contribution >= 4 is 0 Å². The van der Waals surface area contributed by atoms with Crippen molar-refractivity contribution in [3.05, 3.63) is 35.4 Å². The van der Waals surface area contributed by atoms with Crippen molar-refractivity contribution in [2.24, 2.45) is 0 Å². The topological polar surface area (TPSA) is 19.9 Å². The van der Waals surface area contributed by atoms with Gasteiger partial charge in [-0.3, -0.25) is 0 Å². The van der Waals surface area contributed by atoms with Crippen LogP contribution in [0.3, 0.4) is 0 Å². The van der Waals surface area contributed by atoms with Crippen LogP contribution in [0.4, 0.5) is 30.7 Å². The molecule has 0 aliphatic carbocycles. The van der Waals surface area contributed by atoms with Crippen LogP contribution in [0.15, 0.2) is 24.3 Å². The summed E-state index contributed by atoms with van der Waals surface area (Å²) in [4.78, 5) is 0. The highest BCUT2D eigenvalue weighted by molar-refractivity contribution is 5.36. The van der Waals surface area contributed by atoms with Crippen LogP contribution in [-0.2, 0) is 16.6 Å². The molecule has 20 heavy (non-hydrogen) atoms. The second-order valence-corrected chi connectivity index (χ2v) is 4.70. The van der Waals surface area contributed by atoms with Crippen molar-refractivity contribution in [2.45, 2.75) is 37.5 Å². The standard InChI is InChI=1S/C12H10F7O/c1-9(2,20)7-5-3-4-6-8(7)10(13,14)11(15,16)12(17,18)19/h3-6H,1-2H3. The van der Waals surface area contributed by atoms with Gasteiger partial charge < -0.3 is 0 Å². The Labute approximate surface area is 110 Å². The fourth-order valence-corrected chi connectivity index (χ4v) is 1.63. The second kappa shape index (κ2) is 4.61. The number of rotatable bonds is 3. The molecule has 0 atom stereocenters. The Kier molecular flexibility index (Phi) is 3.86. The molecular formula is C12H10F7O. The van der Waals surface area contributed by atoms with E-state index in [9.17, 15) is 35.8 Å². The van der Waals surface area contributed by atoms with Crippen LogP contribution in [0.1, 0.15) is 25.0 Å². The Morgan fingerprint density at radius 2 is 1.20 bits per heavy atom. The van der Waals surface area contributed by atoms with Gasteiger partial charge in [-0.1, -0.05) is 24.3 Å². The molecule has 0 unspecified atom stereocenters. The summed E-state index contributed by atoms with van der Waals surface area (Å²) in [6.45, 7) is 1.79. The van der Waals surface area contributed by atoms with E-state index in [1.165, 1.54) is 0 Å². The molecule has 113 valence electrons. The van der Waals surface area contributed by atoms with Crippen molar-refractivity contribution in [3.63, 3.8) is 0 Å². The average molecular weight is 303 g/mol.